The lowest BCUT2D eigenvalue weighted by Gasteiger charge is -2.37. The molecule has 2 amide bonds. The zero-order valence-corrected chi connectivity index (χ0v) is 21.8. The van der Waals surface area contributed by atoms with Crippen LogP contribution < -0.4 is 4.90 Å². The Labute approximate surface area is 222 Å². The Morgan fingerprint density at radius 2 is 1.87 bits per heavy atom. The molecule has 3 fully saturated rings. The molecule has 8 nitrogen and oxygen atoms in total. The molecule has 3 aliphatic heterocycles. The first-order valence-corrected chi connectivity index (χ1v) is 13.5. The van der Waals surface area contributed by atoms with Crippen LogP contribution in [0.25, 0.3) is 10.8 Å². The zero-order valence-electron chi connectivity index (χ0n) is 21.8. The van der Waals surface area contributed by atoms with Crippen molar-refractivity contribution in [1.29, 1.82) is 0 Å². The molecule has 3 aliphatic rings. The van der Waals surface area contributed by atoms with E-state index in [-0.39, 0.29) is 25.0 Å². The summed E-state index contributed by atoms with van der Waals surface area (Å²) in [5.74, 6) is -3.53. The number of unbranched alkanes of at least 4 members (excludes halogenated alkanes) is 3. The van der Waals surface area contributed by atoms with Gasteiger partial charge in [0.1, 0.15) is 11.6 Å². The Morgan fingerprint density at radius 3 is 2.58 bits per heavy atom. The first-order valence-electron chi connectivity index (χ1n) is 13.5. The van der Waals surface area contributed by atoms with Crippen molar-refractivity contribution in [3.8, 4) is 0 Å². The van der Waals surface area contributed by atoms with Crippen LogP contribution in [0.3, 0.4) is 0 Å². The Morgan fingerprint density at radius 1 is 1.13 bits per heavy atom. The predicted molar refractivity (Wildman–Crippen MR) is 144 cm³/mol. The summed E-state index contributed by atoms with van der Waals surface area (Å²) in [4.78, 5) is 44.0. The molecule has 2 bridgehead atoms. The number of rotatable bonds is 11. The van der Waals surface area contributed by atoms with Crippen LogP contribution in [-0.2, 0) is 19.1 Å². The van der Waals surface area contributed by atoms with Crippen LogP contribution in [0.1, 0.15) is 45.4 Å². The van der Waals surface area contributed by atoms with Crippen molar-refractivity contribution < 1.29 is 29.3 Å². The maximum absolute atomic E-state index is 14.5. The molecule has 0 aromatic heterocycles. The maximum Gasteiger partial charge on any atom is 0.310 e. The van der Waals surface area contributed by atoms with Gasteiger partial charge in [0.15, 0.2) is 0 Å². The van der Waals surface area contributed by atoms with E-state index in [9.17, 15) is 19.5 Å². The third kappa shape index (κ3) is 4.10. The summed E-state index contributed by atoms with van der Waals surface area (Å²) in [5, 5.41) is 21.3. The molecule has 2 aromatic carbocycles. The number of amides is 2. The number of hydrogen-bond acceptors (Lipinski definition) is 5. The first kappa shape index (κ1) is 26.4. The van der Waals surface area contributed by atoms with Crippen LogP contribution in [0, 0.1) is 11.8 Å². The van der Waals surface area contributed by atoms with E-state index in [0.29, 0.717) is 37.9 Å². The van der Waals surface area contributed by atoms with E-state index in [4.69, 9.17) is 9.84 Å². The fourth-order valence-electron chi connectivity index (χ4n) is 7.01. The highest BCUT2D eigenvalue weighted by atomic mass is 16.5. The summed E-state index contributed by atoms with van der Waals surface area (Å²) in [7, 11) is 0. The summed E-state index contributed by atoms with van der Waals surface area (Å²) in [6.45, 7) is 6.32. The van der Waals surface area contributed by atoms with Crippen molar-refractivity contribution in [1.82, 2.24) is 4.90 Å². The minimum Gasteiger partial charge on any atom is -0.481 e. The Kier molecular flexibility index (Phi) is 7.05. The van der Waals surface area contributed by atoms with Crippen molar-refractivity contribution in [2.24, 2.45) is 11.8 Å². The number of likely N-dealkylation sites (tertiary alicyclic amines) is 1. The van der Waals surface area contributed by atoms with Crippen LogP contribution in [0.2, 0.25) is 0 Å². The van der Waals surface area contributed by atoms with E-state index in [1.54, 1.807) is 22.8 Å². The van der Waals surface area contributed by atoms with Gasteiger partial charge in [0.2, 0.25) is 5.91 Å². The molecule has 202 valence electrons. The van der Waals surface area contributed by atoms with Gasteiger partial charge in [0, 0.05) is 25.4 Å². The number of aliphatic hydroxyl groups excluding tert-OH is 1. The van der Waals surface area contributed by atoms with E-state index < -0.39 is 35.0 Å². The molecule has 8 heteroatoms. The largest absolute Gasteiger partial charge is 0.481 e. The average molecular weight is 521 g/mol. The van der Waals surface area contributed by atoms with E-state index in [1.165, 1.54) is 0 Å². The summed E-state index contributed by atoms with van der Waals surface area (Å²) in [5.41, 5.74) is -1.46. The number of benzene rings is 2. The molecule has 2 unspecified atom stereocenters. The monoisotopic (exact) mass is 520 g/mol. The SMILES string of the molecule is C=CCN(C(=O)C1N(CCCCCCO)C(=O)[C@@H]2[C@H](C(=O)O)[C@]3(C)CCC12O3)c1ccc2ccccc2c1. The molecule has 38 heavy (non-hydrogen) atoms. The third-order valence-corrected chi connectivity index (χ3v) is 8.71. The molecule has 2 aromatic rings. The highest BCUT2D eigenvalue weighted by Gasteiger charge is 2.78. The number of aliphatic hydroxyl groups is 1. The van der Waals surface area contributed by atoms with Crippen LogP contribution >= 0.6 is 0 Å². The minimum atomic E-state index is -1.17. The zero-order chi connectivity index (χ0) is 27.1. The Bertz CT molecular complexity index is 1260. The number of hydrogen-bond donors (Lipinski definition) is 2. The average Bonchev–Trinajstić information content (AvgIpc) is 3.47. The standard InChI is InChI=1S/C30H36N2O6/c1-3-16-31(22-13-12-20-10-6-7-11-21(20)19-22)27(35)25-30-15-14-29(2,38-30)24(28(36)37)23(30)26(34)32(25)17-8-4-5-9-18-33/h3,6-7,10-13,19,23-25,33H,1,4-5,8-9,14-18H2,2H3,(H,36,37)/t23-,24+,25?,29-,30?/m0/s1. The molecule has 5 atom stereocenters. The third-order valence-electron chi connectivity index (χ3n) is 8.71. The van der Waals surface area contributed by atoms with Gasteiger partial charge in [-0.3, -0.25) is 14.4 Å². The van der Waals surface area contributed by atoms with E-state index in [1.807, 2.05) is 42.5 Å². The number of ether oxygens (including phenoxy) is 1. The number of nitrogens with zero attached hydrogens (tertiary/aromatic N) is 2. The van der Waals surface area contributed by atoms with Gasteiger partial charge in [-0.05, 0) is 55.5 Å². The van der Waals surface area contributed by atoms with Crippen molar-refractivity contribution in [2.45, 2.75) is 62.7 Å². The number of aliphatic carboxylic acids is 1. The second kappa shape index (κ2) is 10.2. The molecular formula is C30H36N2O6. The summed E-state index contributed by atoms with van der Waals surface area (Å²) >= 11 is 0. The van der Waals surface area contributed by atoms with Gasteiger partial charge >= 0.3 is 5.97 Å². The number of carbonyl (C=O) groups is 3. The summed E-state index contributed by atoms with van der Waals surface area (Å²) in [6, 6.07) is 12.8. The van der Waals surface area contributed by atoms with E-state index in [2.05, 4.69) is 6.58 Å². The fourth-order valence-corrected chi connectivity index (χ4v) is 7.01. The van der Waals surface area contributed by atoms with Gasteiger partial charge in [-0.2, -0.15) is 0 Å². The first-order chi connectivity index (χ1) is 18.3. The van der Waals surface area contributed by atoms with Crippen LogP contribution in [0.5, 0.6) is 0 Å². The molecule has 3 saturated heterocycles. The van der Waals surface area contributed by atoms with E-state index >= 15 is 0 Å². The van der Waals surface area contributed by atoms with Gasteiger partial charge in [-0.1, -0.05) is 49.2 Å². The second-order valence-electron chi connectivity index (χ2n) is 11.0. The van der Waals surface area contributed by atoms with Crippen molar-refractivity contribution in [3.05, 3.63) is 55.1 Å². The van der Waals surface area contributed by atoms with Crippen LogP contribution in [0.4, 0.5) is 5.69 Å². The lowest BCUT2D eigenvalue weighted by Crippen LogP contribution is -2.56. The molecule has 5 rings (SSSR count). The Hall–Kier alpha value is -3.23. The van der Waals surface area contributed by atoms with Crippen molar-refractivity contribution in [3.63, 3.8) is 0 Å². The molecule has 0 radical (unpaired) electrons. The molecule has 1 spiro atoms. The number of fused-ring (bicyclic) bond motifs is 2. The number of carboxylic acid groups (broad SMARTS) is 1. The van der Waals surface area contributed by atoms with Crippen molar-refractivity contribution in [2.75, 3.05) is 24.6 Å². The van der Waals surface area contributed by atoms with Gasteiger partial charge in [-0.25, -0.2) is 0 Å². The molecular weight excluding hydrogens is 484 g/mol. The summed E-state index contributed by atoms with van der Waals surface area (Å²) in [6.07, 6.45) is 5.56. The molecule has 3 heterocycles. The highest BCUT2D eigenvalue weighted by Crippen LogP contribution is 2.63. The quantitative estimate of drug-likeness (QED) is 0.345. The van der Waals surface area contributed by atoms with Crippen LogP contribution in [0.15, 0.2) is 55.1 Å². The molecule has 2 N–H and O–H groups in total. The smallest absolute Gasteiger partial charge is 0.310 e. The Balaban J connectivity index is 1.54. The predicted octanol–water partition coefficient (Wildman–Crippen LogP) is 3.76. The number of anilines is 1. The van der Waals surface area contributed by atoms with Crippen LogP contribution in [-0.4, -0.2) is 69.8 Å². The van der Waals surface area contributed by atoms with Gasteiger partial charge in [0.05, 0.1) is 17.4 Å². The lowest BCUT2D eigenvalue weighted by atomic mass is 9.66. The molecule has 0 saturated carbocycles. The normalized spacial score (nSPS) is 29.6. The topological polar surface area (TPSA) is 107 Å². The minimum absolute atomic E-state index is 0.115. The van der Waals surface area contributed by atoms with Gasteiger partial charge in [0.25, 0.3) is 5.91 Å². The number of carboxylic acids is 1. The van der Waals surface area contributed by atoms with Crippen molar-refractivity contribution >= 4 is 34.2 Å². The fraction of sp³-hybridized carbons (Fsp3) is 0.500. The molecule has 0 aliphatic carbocycles. The van der Waals surface area contributed by atoms with Gasteiger partial charge < -0.3 is 24.7 Å². The highest BCUT2D eigenvalue weighted by molar-refractivity contribution is 6.05. The number of carbonyl (C=O) groups excluding carboxylic acids is 2. The van der Waals surface area contributed by atoms with E-state index in [0.717, 1.165) is 23.6 Å². The second-order valence-corrected chi connectivity index (χ2v) is 11.0. The maximum atomic E-state index is 14.5. The lowest BCUT2D eigenvalue weighted by molar-refractivity contribution is -0.154. The van der Waals surface area contributed by atoms with Gasteiger partial charge in [-0.15, -0.1) is 6.58 Å². The summed E-state index contributed by atoms with van der Waals surface area (Å²) < 4.78 is 6.51.